The van der Waals surface area contributed by atoms with Crippen molar-refractivity contribution in [3.05, 3.63) is 34.4 Å². The third-order valence-electron chi connectivity index (χ3n) is 3.63. The minimum Gasteiger partial charge on any atom is -0.545 e. The topological polar surface area (TPSA) is 69.6 Å². The third kappa shape index (κ3) is 6.21. The van der Waals surface area contributed by atoms with Crippen LogP contribution in [0.5, 0.6) is 11.5 Å². The Kier molecular flexibility index (Phi) is 10.3. The summed E-state index contributed by atoms with van der Waals surface area (Å²) in [5.74, 6) is -1.06. The SMILES string of the molecule is CCCCCc1cc(OC)c(CC=C(C)C)c(O)c1C(=O)[O-].[Na+]. The first-order valence-electron chi connectivity index (χ1n) is 7.68. The Morgan fingerprint density at radius 3 is 2.48 bits per heavy atom. The standard InChI is InChI=1S/C18H26O4.Na/c1-5-6-7-8-13-11-15(22-4)14(10-9-12(2)3)17(19)16(13)18(20)21;/h9,11,19H,5-8,10H2,1-4H3,(H,20,21);/q;+1/p-1. The van der Waals surface area contributed by atoms with Gasteiger partial charge in [-0.1, -0.05) is 31.4 Å². The molecule has 0 aliphatic rings. The van der Waals surface area contributed by atoms with Gasteiger partial charge in [0.05, 0.1) is 13.1 Å². The van der Waals surface area contributed by atoms with Crippen LogP contribution in [0, 0.1) is 0 Å². The fourth-order valence-corrected chi connectivity index (χ4v) is 2.41. The van der Waals surface area contributed by atoms with Crippen LogP contribution in [0.25, 0.3) is 0 Å². The summed E-state index contributed by atoms with van der Waals surface area (Å²) in [6, 6.07) is 1.72. The van der Waals surface area contributed by atoms with Crippen LogP contribution < -0.4 is 39.4 Å². The number of ether oxygens (including phenoxy) is 1. The smallest absolute Gasteiger partial charge is 0.545 e. The number of carbonyl (C=O) groups is 1. The van der Waals surface area contributed by atoms with E-state index in [2.05, 4.69) is 6.92 Å². The Morgan fingerprint density at radius 1 is 1.35 bits per heavy atom. The number of unbranched alkanes of at least 4 members (excludes halogenated alkanes) is 2. The zero-order valence-corrected chi connectivity index (χ0v) is 16.9. The number of benzene rings is 1. The van der Waals surface area contributed by atoms with Gasteiger partial charge in [0.2, 0.25) is 0 Å². The molecule has 0 heterocycles. The van der Waals surface area contributed by atoms with E-state index in [0.29, 0.717) is 29.7 Å². The molecular formula is C18H25NaO4. The number of rotatable bonds is 8. The van der Waals surface area contributed by atoms with Crippen LogP contribution in [0.1, 0.15) is 61.5 Å². The maximum atomic E-state index is 11.4. The van der Waals surface area contributed by atoms with Crippen molar-refractivity contribution < 1.29 is 49.3 Å². The van der Waals surface area contributed by atoms with Gasteiger partial charge in [-0.15, -0.1) is 0 Å². The number of hydrogen-bond donors (Lipinski definition) is 1. The molecular weight excluding hydrogens is 303 g/mol. The molecule has 1 rings (SSSR count). The number of carbonyl (C=O) groups excluding carboxylic acids is 1. The molecule has 0 aliphatic carbocycles. The predicted molar refractivity (Wildman–Crippen MR) is 85.4 cm³/mol. The molecule has 0 amide bonds. The maximum Gasteiger partial charge on any atom is 1.00 e. The first kappa shape index (κ1) is 22.0. The maximum absolute atomic E-state index is 11.4. The Hall–Kier alpha value is -0.970. The summed E-state index contributed by atoms with van der Waals surface area (Å²) in [7, 11) is 1.52. The van der Waals surface area contributed by atoms with Gasteiger partial charge in [-0.05, 0) is 44.7 Å². The van der Waals surface area contributed by atoms with E-state index in [1.165, 1.54) is 7.11 Å². The number of aromatic hydroxyl groups is 1. The molecule has 0 aliphatic heterocycles. The molecule has 0 fully saturated rings. The van der Waals surface area contributed by atoms with Gasteiger partial charge in [0, 0.05) is 11.1 Å². The summed E-state index contributed by atoms with van der Waals surface area (Å²) in [6.45, 7) is 5.98. The van der Waals surface area contributed by atoms with Gasteiger partial charge in [-0.2, -0.15) is 0 Å². The number of allylic oxidation sites excluding steroid dienone is 2. The molecule has 0 bridgehead atoms. The number of aromatic carboxylic acids is 1. The molecule has 23 heavy (non-hydrogen) atoms. The van der Waals surface area contributed by atoms with Crippen molar-refractivity contribution in [2.24, 2.45) is 0 Å². The van der Waals surface area contributed by atoms with E-state index < -0.39 is 5.97 Å². The average molecular weight is 328 g/mol. The second-order valence-corrected chi connectivity index (χ2v) is 5.67. The molecule has 0 radical (unpaired) electrons. The van der Waals surface area contributed by atoms with Gasteiger partial charge in [-0.3, -0.25) is 0 Å². The number of methoxy groups -OCH3 is 1. The summed E-state index contributed by atoms with van der Waals surface area (Å²) in [4.78, 5) is 11.4. The molecule has 1 aromatic rings. The molecule has 0 spiro atoms. The number of hydrogen-bond acceptors (Lipinski definition) is 4. The van der Waals surface area contributed by atoms with Crippen LogP contribution in [0.15, 0.2) is 17.7 Å². The molecule has 0 atom stereocenters. The average Bonchev–Trinajstić information content (AvgIpc) is 2.45. The minimum atomic E-state index is -1.34. The first-order valence-corrected chi connectivity index (χ1v) is 7.68. The number of carboxylic acid groups (broad SMARTS) is 1. The Bertz CT molecular complexity index is 561. The number of phenols is 1. The molecule has 0 saturated carbocycles. The van der Waals surface area contributed by atoms with Crippen LogP contribution >= 0.6 is 0 Å². The van der Waals surface area contributed by atoms with Gasteiger partial charge < -0.3 is 19.7 Å². The fraction of sp³-hybridized carbons (Fsp3) is 0.500. The second-order valence-electron chi connectivity index (χ2n) is 5.67. The largest absolute Gasteiger partial charge is 1.00 e. The Labute approximate surface area is 160 Å². The van der Waals surface area contributed by atoms with Crippen molar-refractivity contribution >= 4 is 5.97 Å². The van der Waals surface area contributed by atoms with Gasteiger partial charge in [0.25, 0.3) is 0 Å². The van der Waals surface area contributed by atoms with Gasteiger partial charge >= 0.3 is 29.6 Å². The molecule has 122 valence electrons. The van der Waals surface area contributed by atoms with Crippen molar-refractivity contribution in [1.82, 2.24) is 0 Å². The minimum absolute atomic E-state index is 0. The first-order chi connectivity index (χ1) is 10.4. The molecule has 0 saturated heterocycles. The van der Waals surface area contributed by atoms with E-state index in [0.717, 1.165) is 24.8 Å². The van der Waals surface area contributed by atoms with E-state index >= 15 is 0 Å². The monoisotopic (exact) mass is 328 g/mol. The van der Waals surface area contributed by atoms with E-state index in [1.54, 1.807) is 6.07 Å². The van der Waals surface area contributed by atoms with E-state index in [9.17, 15) is 15.0 Å². The third-order valence-corrected chi connectivity index (χ3v) is 3.63. The predicted octanol–water partition coefficient (Wildman–Crippen LogP) is 0.00970. The van der Waals surface area contributed by atoms with Crippen LogP contribution in [0.3, 0.4) is 0 Å². The van der Waals surface area contributed by atoms with Crippen LogP contribution in [0.4, 0.5) is 0 Å². The molecule has 0 unspecified atom stereocenters. The van der Waals surface area contributed by atoms with E-state index in [4.69, 9.17) is 4.74 Å². The summed E-state index contributed by atoms with van der Waals surface area (Å²) < 4.78 is 5.34. The molecule has 4 nitrogen and oxygen atoms in total. The normalized spacial score (nSPS) is 9.91. The zero-order valence-electron chi connectivity index (χ0n) is 14.9. The zero-order chi connectivity index (χ0) is 16.7. The van der Waals surface area contributed by atoms with Crippen LogP contribution in [0.2, 0.25) is 0 Å². The van der Waals surface area contributed by atoms with Crippen molar-refractivity contribution in [2.45, 2.75) is 52.9 Å². The fourth-order valence-electron chi connectivity index (χ4n) is 2.41. The quantitative estimate of drug-likeness (QED) is 0.415. The van der Waals surface area contributed by atoms with Gasteiger partial charge in [0.1, 0.15) is 11.5 Å². The van der Waals surface area contributed by atoms with Crippen molar-refractivity contribution in [3.63, 3.8) is 0 Å². The van der Waals surface area contributed by atoms with Crippen LogP contribution in [-0.2, 0) is 12.8 Å². The van der Waals surface area contributed by atoms with Crippen LogP contribution in [-0.4, -0.2) is 18.2 Å². The Balaban J connectivity index is 0.00000484. The molecule has 1 N–H and O–H groups in total. The molecule has 5 heteroatoms. The van der Waals surface area contributed by atoms with Gasteiger partial charge in [-0.25, -0.2) is 0 Å². The summed E-state index contributed by atoms with van der Waals surface area (Å²) in [6.07, 6.45) is 5.86. The summed E-state index contributed by atoms with van der Waals surface area (Å²) in [5.41, 5.74) is 2.04. The molecule has 0 aromatic heterocycles. The van der Waals surface area contributed by atoms with Crippen molar-refractivity contribution in [1.29, 1.82) is 0 Å². The Morgan fingerprint density at radius 2 is 2.00 bits per heavy atom. The van der Waals surface area contributed by atoms with Crippen molar-refractivity contribution in [3.8, 4) is 11.5 Å². The van der Waals surface area contributed by atoms with Gasteiger partial charge in [0.15, 0.2) is 0 Å². The van der Waals surface area contributed by atoms with Crippen molar-refractivity contribution in [2.75, 3.05) is 7.11 Å². The van der Waals surface area contributed by atoms with E-state index in [1.807, 2.05) is 19.9 Å². The number of aryl methyl sites for hydroxylation is 1. The molecule has 1 aromatic carbocycles. The number of carboxylic acids is 1. The van der Waals surface area contributed by atoms with E-state index in [-0.39, 0.29) is 40.9 Å². The summed E-state index contributed by atoms with van der Waals surface area (Å²) in [5, 5.41) is 21.8. The second kappa shape index (κ2) is 10.7. The summed E-state index contributed by atoms with van der Waals surface area (Å²) >= 11 is 0.